The monoisotopic (exact) mass is 323 g/mol. The van der Waals surface area contributed by atoms with Crippen LogP contribution >= 0.6 is 0 Å². The number of carbonyl (C=O) groups is 1. The van der Waals surface area contributed by atoms with Crippen LogP contribution in [0.4, 0.5) is 0 Å². The lowest BCUT2D eigenvalue weighted by molar-refractivity contribution is -0.0119. The summed E-state index contributed by atoms with van der Waals surface area (Å²) in [6, 6.07) is 8.47. The van der Waals surface area contributed by atoms with Gasteiger partial charge in [0.05, 0.1) is 0 Å². The van der Waals surface area contributed by atoms with Crippen molar-refractivity contribution in [2.45, 2.75) is 57.9 Å². The maximum atomic E-state index is 12.7. The number of hydrogen-bond acceptors (Lipinski definition) is 1. The fraction of sp³-hybridized carbons (Fsp3) is 0.591. The third kappa shape index (κ3) is 3.16. The molecule has 0 aromatic heterocycles. The highest BCUT2D eigenvalue weighted by atomic mass is 16.1. The average Bonchev–Trinajstić information content (AvgIpc) is 2.58. The molecule has 1 amide bonds. The Labute approximate surface area is 145 Å². The summed E-state index contributed by atoms with van der Waals surface area (Å²) in [5.41, 5.74) is 1.98. The molecule has 1 N–H and O–H groups in total. The Morgan fingerprint density at radius 3 is 2.25 bits per heavy atom. The van der Waals surface area contributed by atoms with Crippen molar-refractivity contribution in [1.82, 2.24) is 5.32 Å². The van der Waals surface area contributed by atoms with Gasteiger partial charge in [0.15, 0.2) is 0 Å². The largest absolute Gasteiger partial charge is 0.349 e. The lowest BCUT2D eigenvalue weighted by Gasteiger charge is -2.54. The third-order valence-electron chi connectivity index (χ3n) is 6.46. The van der Waals surface area contributed by atoms with Gasteiger partial charge in [0.25, 0.3) is 5.91 Å². The summed E-state index contributed by atoms with van der Waals surface area (Å²) < 4.78 is 0. The first-order valence-corrected chi connectivity index (χ1v) is 9.80. The maximum Gasteiger partial charge on any atom is 0.251 e. The van der Waals surface area contributed by atoms with Gasteiger partial charge in [-0.15, -0.1) is 0 Å². The molecule has 2 heteroatoms. The van der Waals surface area contributed by atoms with E-state index in [1.165, 1.54) is 44.1 Å². The topological polar surface area (TPSA) is 29.1 Å². The van der Waals surface area contributed by atoms with Crippen molar-refractivity contribution in [3.8, 4) is 0 Å². The summed E-state index contributed by atoms with van der Waals surface area (Å²) in [7, 11) is 0. The Balaban J connectivity index is 1.39. The highest BCUT2D eigenvalue weighted by Gasteiger charge is 2.48. The molecule has 4 bridgehead atoms. The van der Waals surface area contributed by atoms with Crippen molar-refractivity contribution in [2.24, 2.45) is 23.7 Å². The van der Waals surface area contributed by atoms with Gasteiger partial charge in [-0.3, -0.25) is 4.79 Å². The van der Waals surface area contributed by atoms with Crippen LogP contribution in [0.15, 0.2) is 30.3 Å². The number of rotatable bonds is 5. The van der Waals surface area contributed by atoms with Crippen LogP contribution < -0.4 is 5.32 Å². The first kappa shape index (κ1) is 15.9. The number of carbonyl (C=O) groups excluding carboxylic acids is 1. The summed E-state index contributed by atoms with van der Waals surface area (Å²) >= 11 is 0. The highest BCUT2D eigenvalue weighted by Crippen LogP contribution is 2.53. The Morgan fingerprint density at radius 1 is 1.04 bits per heavy atom. The molecule has 0 atom stereocenters. The first-order valence-electron chi connectivity index (χ1n) is 9.80. The molecular weight excluding hydrogens is 294 g/mol. The minimum Gasteiger partial charge on any atom is -0.349 e. The van der Waals surface area contributed by atoms with Crippen LogP contribution in [0.5, 0.6) is 0 Å². The van der Waals surface area contributed by atoms with E-state index in [2.05, 4.69) is 36.5 Å². The normalized spacial score (nSPS) is 34.0. The number of allylic oxidation sites excluding steroid dienone is 1. The molecule has 0 unspecified atom stereocenters. The molecule has 4 aliphatic rings. The quantitative estimate of drug-likeness (QED) is 0.806. The smallest absolute Gasteiger partial charge is 0.251 e. The highest BCUT2D eigenvalue weighted by molar-refractivity contribution is 5.94. The fourth-order valence-electron chi connectivity index (χ4n) is 5.53. The summed E-state index contributed by atoms with van der Waals surface area (Å²) in [6.45, 7) is 2.18. The molecule has 4 aliphatic carbocycles. The van der Waals surface area contributed by atoms with Crippen LogP contribution in [-0.4, -0.2) is 11.9 Å². The Morgan fingerprint density at radius 2 is 1.67 bits per heavy atom. The Hall–Kier alpha value is -1.57. The molecular formula is C22H29NO. The van der Waals surface area contributed by atoms with Gasteiger partial charge in [0.2, 0.25) is 0 Å². The zero-order valence-electron chi connectivity index (χ0n) is 14.7. The molecule has 0 radical (unpaired) electrons. The predicted molar refractivity (Wildman–Crippen MR) is 98.7 cm³/mol. The van der Waals surface area contributed by atoms with Gasteiger partial charge in [-0.1, -0.05) is 37.6 Å². The number of benzene rings is 1. The maximum absolute atomic E-state index is 12.7. The molecule has 0 aliphatic heterocycles. The van der Waals surface area contributed by atoms with E-state index in [1.807, 2.05) is 12.1 Å². The van der Waals surface area contributed by atoms with Gasteiger partial charge in [0.1, 0.15) is 0 Å². The van der Waals surface area contributed by atoms with Crippen molar-refractivity contribution in [2.75, 3.05) is 0 Å². The third-order valence-corrected chi connectivity index (χ3v) is 6.46. The summed E-state index contributed by atoms with van der Waals surface area (Å²) in [6.07, 6.45) is 13.5. The second-order valence-electron chi connectivity index (χ2n) is 8.24. The Bertz CT molecular complexity index is 587. The molecule has 4 saturated carbocycles. The lowest BCUT2D eigenvalue weighted by Crippen LogP contribution is -2.55. The standard InChI is InChI=1S/C22H29NO/c1-2-3-4-5-15-6-8-18(9-7-15)22(24)23-21-19-11-16-10-17(13-19)14-20(21)12-16/h4-9,16-17,19-21H,2-3,10-14H2,1H3,(H,23,24)/b5-4+/t16-,17-,19-,20-,21?. The fourth-order valence-corrected chi connectivity index (χ4v) is 5.53. The van der Waals surface area contributed by atoms with Crippen molar-refractivity contribution >= 4 is 12.0 Å². The van der Waals surface area contributed by atoms with Crippen LogP contribution in [0, 0.1) is 23.7 Å². The average molecular weight is 323 g/mol. The molecule has 0 saturated heterocycles. The van der Waals surface area contributed by atoms with Gasteiger partial charge in [0, 0.05) is 11.6 Å². The van der Waals surface area contributed by atoms with Gasteiger partial charge in [-0.05, 0) is 79.9 Å². The molecule has 24 heavy (non-hydrogen) atoms. The van der Waals surface area contributed by atoms with Gasteiger partial charge >= 0.3 is 0 Å². The number of amides is 1. The zero-order valence-corrected chi connectivity index (χ0v) is 14.7. The van der Waals surface area contributed by atoms with E-state index < -0.39 is 0 Å². The second kappa shape index (κ2) is 6.74. The summed E-state index contributed by atoms with van der Waals surface area (Å²) in [5, 5.41) is 3.39. The molecule has 2 nitrogen and oxygen atoms in total. The van der Waals surface area contributed by atoms with Gasteiger partial charge < -0.3 is 5.32 Å². The molecule has 4 fully saturated rings. The summed E-state index contributed by atoms with van der Waals surface area (Å²) in [4.78, 5) is 12.7. The van der Waals surface area contributed by atoms with Crippen molar-refractivity contribution in [3.63, 3.8) is 0 Å². The van der Waals surface area contributed by atoms with Crippen molar-refractivity contribution < 1.29 is 4.79 Å². The van der Waals surface area contributed by atoms with Crippen LogP contribution in [0.3, 0.4) is 0 Å². The van der Waals surface area contributed by atoms with E-state index in [-0.39, 0.29) is 5.91 Å². The van der Waals surface area contributed by atoms with E-state index in [0.29, 0.717) is 6.04 Å². The van der Waals surface area contributed by atoms with Crippen molar-refractivity contribution in [3.05, 3.63) is 41.5 Å². The minimum absolute atomic E-state index is 0.122. The molecule has 1 aromatic rings. The molecule has 128 valence electrons. The Kier molecular flexibility index (Phi) is 4.47. The van der Waals surface area contributed by atoms with Gasteiger partial charge in [-0.25, -0.2) is 0 Å². The number of hydrogen-bond donors (Lipinski definition) is 1. The van der Waals surface area contributed by atoms with Crippen LogP contribution in [0.25, 0.3) is 6.08 Å². The zero-order chi connectivity index (χ0) is 16.5. The summed E-state index contributed by atoms with van der Waals surface area (Å²) in [5.74, 6) is 3.50. The minimum atomic E-state index is 0.122. The molecule has 0 heterocycles. The predicted octanol–water partition coefficient (Wildman–Crippen LogP) is 5.05. The first-order chi connectivity index (χ1) is 11.7. The number of unbranched alkanes of at least 4 members (excludes halogenated alkanes) is 1. The number of nitrogens with one attached hydrogen (secondary N) is 1. The van der Waals surface area contributed by atoms with Gasteiger partial charge in [-0.2, -0.15) is 0 Å². The van der Waals surface area contributed by atoms with E-state index in [0.717, 1.165) is 35.7 Å². The van der Waals surface area contributed by atoms with Crippen LogP contribution in [0.2, 0.25) is 0 Å². The molecule has 5 rings (SSSR count). The van der Waals surface area contributed by atoms with E-state index in [9.17, 15) is 4.79 Å². The van der Waals surface area contributed by atoms with Crippen molar-refractivity contribution in [1.29, 1.82) is 0 Å². The van der Waals surface area contributed by atoms with Crippen LogP contribution in [-0.2, 0) is 0 Å². The van der Waals surface area contributed by atoms with E-state index in [4.69, 9.17) is 0 Å². The molecule has 1 aromatic carbocycles. The lowest BCUT2D eigenvalue weighted by atomic mass is 9.54. The second-order valence-corrected chi connectivity index (χ2v) is 8.24. The van der Waals surface area contributed by atoms with Crippen LogP contribution in [0.1, 0.15) is 67.8 Å². The van der Waals surface area contributed by atoms with E-state index >= 15 is 0 Å². The molecule has 0 spiro atoms. The van der Waals surface area contributed by atoms with E-state index in [1.54, 1.807) is 0 Å². The SMILES string of the molecule is CCC/C=C/c1ccc(C(=O)NC2[C@H]3C[C@H]4C[C@H](C3)C[C@@H]2C4)cc1.